The molecule has 0 bridgehead atoms. The fourth-order valence-electron chi connectivity index (χ4n) is 0.722. The molecule has 0 aliphatic carbocycles. The molecule has 3 heteroatoms. The third kappa shape index (κ3) is 5.53. The highest BCUT2D eigenvalue weighted by Gasteiger charge is 2.01. The zero-order valence-corrected chi connectivity index (χ0v) is 7.45. The highest BCUT2D eigenvalue weighted by Crippen LogP contribution is 1.95. The van der Waals surface area contributed by atoms with Crippen LogP contribution in [-0.4, -0.2) is 18.3 Å². The van der Waals surface area contributed by atoms with Crippen molar-refractivity contribution in [3.63, 3.8) is 0 Å². The van der Waals surface area contributed by atoms with Crippen LogP contribution >= 0.6 is 0 Å². The molecule has 0 saturated carbocycles. The van der Waals surface area contributed by atoms with Gasteiger partial charge in [0.2, 0.25) is 0 Å². The quantitative estimate of drug-likeness (QED) is 0.510. The molecule has 0 heterocycles. The first-order valence-electron chi connectivity index (χ1n) is 3.87. The van der Waals surface area contributed by atoms with E-state index in [0.717, 1.165) is 5.47 Å². The van der Waals surface area contributed by atoms with Gasteiger partial charge in [0, 0.05) is 0 Å². The zero-order chi connectivity index (χ0) is 9.40. The molecule has 0 aromatic carbocycles. The van der Waals surface area contributed by atoms with E-state index in [1.165, 1.54) is 0 Å². The molecule has 1 N–H and O–H groups in total. The van der Waals surface area contributed by atoms with Gasteiger partial charge in [-0.25, -0.2) is 0 Å². The molecule has 64 valence electrons. The molecule has 2 nitrogen and oxygen atoms in total. The molecule has 0 fully saturated rings. The van der Waals surface area contributed by atoms with Crippen molar-refractivity contribution in [2.24, 2.45) is 0 Å². The van der Waals surface area contributed by atoms with Crippen LogP contribution in [0.2, 0.25) is 0 Å². The van der Waals surface area contributed by atoms with Crippen LogP contribution < -0.4 is 0 Å². The number of rotatable bonds is 4. The Labute approximate surface area is 73.5 Å². The van der Waals surface area contributed by atoms with Gasteiger partial charge in [-0.1, -0.05) is 35.9 Å². The third-order valence-corrected chi connectivity index (χ3v) is 1.34. The highest BCUT2D eigenvalue weighted by atomic mass is 16.4. The summed E-state index contributed by atoms with van der Waals surface area (Å²) in [5.74, 6) is -0.798. The summed E-state index contributed by atoms with van der Waals surface area (Å²) in [6, 6.07) is 0. The summed E-state index contributed by atoms with van der Waals surface area (Å²) in [4.78, 5) is 10.3. The van der Waals surface area contributed by atoms with E-state index in [-0.39, 0.29) is 7.28 Å². The number of hydrogen-bond acceptors (Lipinski definition) is 1. The summed E-state index contributed by atoms with van der Waals surface area (Å²) in [6.07, 6.45) is 9.19. The minimum absolute atomic E-state index is 0.0879. The summed E-state index contributed by atoms with van der Waals surface area (Å²) in [5.41, 5.74) is 0.820. The van der Waals surface area contributed by atoms with Crippen LogP contribution in [0, 0.1) is 0 Å². The molecule has 0 aromatic heterocycles. The molecule has 0 radical (unpaired) electrons. The smallest absolute Gasteiger partial charge is 0.293 e. The molecule has 0 saturated heterocycles. The van der Waals surface area contributed by atoms with Gasteiger partial charge in [0.1, 0.15) is 0 Å². The van der Waals surface area contributed by atoms with E-state index in [4.69, 9.17) is 5.11 Å². The second kappa shape index (κ2) is 6.46. The van der Waals surface area contributed by atoms with Gasteiger partial charge in [-0.3, -0.25) is 4.79 Å². The van der Waals surface area contributed by atoms with Gasteiger partial charge < -0.3 is 5.11 Å². The standard InChI is InChI=1S/C9H13BO2/c1-3-5-6-7-8(4-2)10-9(11)12/h3-7,10H,1-2H3,(H,11,12)/b5-3-,7-6-,8-4+. The van der Waals surface area contributed by atoms with Gasteiger partial charge in [0.05, 0.1) is 0 Å². The molecule has 0 unspecified atom stereocenters. The topological polar surface area (TPSA) is 37.3 Å². The van der Waals surface area contributed by atoms with Gasteiger partial charge in [-0.05, 0) is 13.8 Å². The van der Waals surface area contributed by atoms with E-state index in [2.05, 4.69) is 0 Å². The maximum absolute atomic E-state index is 10.3. The lowest BCUT2D eigenvalue weighted by Gasteiger charge is -1.91. The summed E-state index contributed by atoms with van der Waals surface area (Å²) < 4.78 is 0. The van der Waals surface area contributed by atoms with E-state index in [0.29, 0.717) is 0 Å². The van der Waals surface area contributed by atoms with Crippen LogP contribution in [0.25, 0.3) is 0 Å². The summed E-state index contributed by atoms with van der Waals surface area (Å²) in [7, 11) is 0.0879. The van der Waals surface area contributed by atoms with Crippen molar-refractivity contribution in [1.29, 1.82) is 0 Å². The summed E-state index contributed by atoms with van der Waals surface area (Å²) in [5, 5.41) is 8.48. The average molecular weight is 164 g/mol. The van der Waals surface area contributed by atoms with Crippen LogP contribution in [0.5, 0.6) is 0 Å². The normalized spacial score (nSPS) is 12.7. The molecule has 0 spiro atoms. The molecule has 12 heavy (non-hydrogen) atoms. The van der Waals surface area contributed by atoms with E-state index < -0.39 is 5.87 Å². The van der Waals surface area contributed by atoms with Crippen LogP contribution in [0.1, 0.15) is 13.8 Å². The number of carboxylic acid groups (broad SMARTS) is 1. The molecule has 0 amide bonds. The lowest BCUT2D eigenvalue weighted by molar-refractivity contribution is 0.220. The minimum atomic E-state index is -0.798. The van der Waals surface area contributed by atoms with Crippen molar-refractivity contribution in [3.05, 3.63) is 35.9 Å². The largest absolute Gasteiger partial charge is 0.489 e. The summed E-state index contributed by atoms with van der Waals surface area (Å²) >= 11 is 0. The molecule has 0 aliphatic heterocycles. The van der Waals surface area contributed by atoms with Crippen molar-refractivity contribution in [2.45, 2.75) is 13.8 Å². The van der Waals surface area contributed by atoms with Crippen LogP contribution in [0.4, 0.5) is 4.79 Å². The first-order valence-corrected chi connectivity index (χ1v) is 3.87. The SMILES string of the molecule is C\C=C/C=C\C(BC(=O)O)=C/C. The Bertz CT molecular complexity index is 227. The molecule has 0 aliphatic rings. The van der Waals surface area contributed by atoms with Crippen LogP contribution in [0.15, 0.2) is 35.9 Å². The molecule has 0 rings (SSSR count). The molecule has 0 atom stereocenters. The molecule has 0 aromatic rings. The van der Waals surface area contributed by atoms with E-state index in [1.807, 2.05) is 32.1 Å². The monoisotopic (exact) mass is 164 g/mol. The predicted octanol–water partition coefficient (Wildman–Crippen LogP) is 2.14. The van der Waals surface area contributed by atoms with E-state index in [1.54, 1.807) is 12.2 Å². The van der Waals surface area contributed by atoms with Gasteiger partial charge >= 0.3 is 0 Å². The maximum atomic E-state index is 10.3. The Morgan fingerprint density at radius 2 is 2.00 bits per heavy atom. The van der Waals surface area contributed by atoms with Crippen LogP contribution in [-0.2, 0) is 0 Å². The fourth-order valence-corrected chi connectivity index (χ4v) is 0.722. The van der Waals surface area contributed by atoms with Crippen molar-refractivity contribution < 1.29 is 9.90 Å². The van der Waals surface area contributed by atoms with Crippen molar-refractivity contribution in [2.75, 3.05) is 0 Å². The number of hydrogen-bond donors (Lipinski definition) is 1. The van der Waals surface area contributed by atoms with E-state index in [9.17, 15) is 4.79 Å². The molecular weight excluding hydrogens is 151 g/mol. The van der Waals surface area contributed by atoms with Crippen molar-refractivity contribution >= 4 is 13.1 Å². The van der Waals surface area contributed by atoms with Gasteiger partial charge in [-0.15, -0.1) is 0 Å². The lowest BCUT2D eigenvalue weighted by Crippen LogP contribution is -2.06. The Balaban J connectivity index is 4.10. The number of carbonyl (C=O) groups is 1. The first kappa shape index (κ1) is 10.8. The third-order valence-electron chi connectivity index (χ3n) is 1.34. The van der Waals surface area contributed by atoms with Gasteiger partial charge in [-0.2, -0.15) is 0 Å². The van der Waals surface area contributed by atoms with Crippen molar-refractivity contribution in [1.82, 2.24) is 0 Å². The maximum Gasteiger partial charge on any atom is 0.293 e. The minimum Gasteiger partial charge on any atom is -0.489 e. The fraction of sp³-hybridized carbons (Fsp3) is 0.222. The van der Waals surface area contributed by atoms with Crippen LogP contribution in [0.3, 0.4) is 0 Å². The Hall–Kier alpha value is -1.25. The zero-order valence-electron chi connectivity index (χ0n) is 7.45. The summed E-state index contributed by atoms with van der Waals surface area (Å²) in [6.45, 7) is 3.75. The van der Waals surface area contributed by atoms with Gasteiger partial charge in [0.15, 0.2) is 0 Å². The molecular formula is C9H13BO2. The number of allylic oxidation sites excluding steroid dienone is 6. The second-order valence-corrected chi connectivity index (χ2v) is 2.32. The highest BCUT2D eigenvalue weighted by molar-refractivity contribution is 6.77. The van der Waals surface area contributed by atoms with Gasteiger partial charge in [0.25, 0.3) is 13.1 Å². The Morgan fingerprint density at radius 3 is 2.42 bits per heavy atom. The predicted molar refractivity (Wildman–Crippen MR) is 52.9 cm³/mol. The Morgan fingerprint density at radius 1 is 1.33 bits per heavy atom. The second-order valence-electron chi connectivity index (χ2n) is 2.32. The lowest BCUT2D eigenvalue weighted by atomic mass is 9.69. The average Bonchev–Trinajstić information content (AvgIpc) is 2.02. The van der Waals surface area contributed by atoms with E-state index >= 15 is 0 Å². The Kier molecular flexibility index (Phi) is 5.79. The van der Waals surface area contributed by atoms with Crippen molar-refractivity contribution in [3.8, 4) is 0 Å². The first-order chi connectivity index (χ1) is 5.70.